The van der Waals surface area contributed by atoms with Crippen LogP contribution >= 0.6 is 0 Å². The smallest absolute Gasteiger partial charge is 0.221 e. The second-order valence-electron chi connectivity index (χ2n) is 5.09. The molecule has 9 nitrogen and oxygen atoms in total. The lowest BCUT2D eigenvalue weighted by Crippen LogP contribution is -2.52. The number of hydrogen-bond acceptors (Lipinski definition) is 9. The maximum Gasteiger partial charge on any atom is 0.221 e. The molecule has 9 heteroatoms. The SMILES string of the molecule is C[C@](O)(CO)[C@H](O)CO[C@]1(CO)O[C@H](CO)[C@@H](O)[C@@H]1O. The Kier molecular flexibility index (Phi) is 5.84. The zero-order valence-corrected chi connectivity index (χ0v) is 11.1. The fourth-order valence-corrected chi connectivity index (χ4v) is 1.81. The first-order valence-corrected chi connectivity index (χ1v) is 6.15. The molecule has 0 saturated carbocycles. The summed E-state index contributed by atoms with van der Waals surface area (Å²) in [5.74, 6) is -2.01. The molecule has 0 aliphatic carbocycles. The van der Waals surface area contributed by atoms with Crippen LogP contribution in [0.3, 0.4) is 0 Å². The van der Waals surface area contributed by atoms with E-state index in [1.807, 2.05) is 0 Å². The van der Waals surface area contributed by atoms with Gasteiger partial charge in [-0.3, -0.25) is 0 Å². The van der Waals surface area contributed by atoms with Crippen LogP contribution in [0.5, 0.6) is 0 Å². The maximum absolute atomic E-state index is 9.82. The summed E-state index contributed by atoms with van der Waals surface area (Å²) in [6, 6.07) is 0. The molecule has 0 aromatic heterocycles. The van der Waals surface area contributed by atoms with Gasteiger partial charge in [0.15, 0.2) is 0 Å². The molecule has 7 N–H and O–H groups in total. The topological polar surface area (TPSA) is 160 Å². The molecule has 0 amide bonds. The number of hydrogen-bond donors (Lipinski definition) is 7. The van der Waals surface area contributed by atoms with Gasteiger partial charge in [0.25, 0.3) is 0 Å². The minimum atomic E-state index is -2.01. The van der Waals surface area contributed by atoms with Gasteiger partial charge >= 0.3 is 0 Å². The fraction of sp³-hybridized carbons (Fsp3) is 1.00. The number of ether oxygens (including phenoxy) is 2. The molecule has 0 aromatic rings. The van der Waals surface area contributed by atoms with Crippen molar-refractivity contribution in [2.24, 2.45) is 0 Å². The van der Waals surface area contributed by atoms with Gasteiger partial charge in [-0.25, -0.2) is 0 Å². The van der Waals surface area contributed by atoms with Gasteiger partial charge < -0.3 is 45.2 Å². The molecule has 1 saturated heterocycles. The van der Waals surface area contributed by atoms with Crippen LogP contribution in [0.2, 0.25) is 0 Å². The van der Waals surface area contributed by atoms with Crippen LogP contribution in [0.25, 0.3) is 0 Å². The van der Waals surface area contributed by atoms with E-state index in [1.165, 1.54) is 6.92 Å². The molecule has 0 bridgehead atoms. The molecule has 0 spiro atoms. The minimum Gasteiger partial charge on any atom is -0.394 e. The zero-order valence-electron chi connectivity index (χ0n) is 11.1. The average Bonchev–Trinajstić information content (AvgIpc) is 2.69. The number of rotatable bonds is 7. The highest BCUT2D eigenvalue weighted by molar-refractivity contribution is 4.97. The first-order chi connectivity index (χ1) is 9.24. The quantitative estimate of drug-likeness (QED) is 0.248. The summed E-state index contributed by atoms with van der Waals surface area (Å²) in [5, 5.41) is 65.8. The van der Waals surface area contributed by atoms with Gasteiger partial charge in [-0.05, 0) is 6.92 Å². The van der Waals surface area contributed by atoms with Crippen LogP contribution in [0, 0.1) is 0 Å². The Balaban J connectivity index is 2.73. The average molecular weight is 298 g/mol. The van der Waals surface area contributed by atoms with E-state index in [1.54, 1.807) is 0 Å². The van der Waals surface area contributed by atoms with E-state index in [-0.39, 0.29) is 0 Å². The largest absolute Gasteiger partial charge is 0.394 e. The van der Waals surface area contributed by atoms with Crippen molar-refractivity contribution in [3.63, 3.8) is 0 Å². The Morgan fingerprint density at radius 1 is 1.30 bits per heavy atom. The van der Waals surface area contributed by atoms with Crippen molar-refractivity contribution < 1.29 is 45.2 Å². The molecule has 20 heavy (non-hydrogen) atoms. The highest BCUT2D eigenvalue weighted by Gasteiger charge is 2.55. The zero-order chi connectivity index (χ0) is 15.6. The van der Waals surface area contributed by atoms with Gasteiger partial charge in [0.2, 0.25) is 5.79 Å². The van der Waals surface area contributed by atoms with Gasteiger partial charge in [-0.2, -0.15) is 0 Å². The van der Waals surface area contributed by atoms with Crippen molar-refractivity contribution in [1.82, 2.24) is 0 Å². The van der Waals surface area contributed by atoms with Crippen LogP contribution in [0.1, 0.15) is 6.92 Å². The van der Waals surface area contributed by atoms with E-state index >= 15 is 0 Å². The van der Waals surface area contributed by atoms with Crippen LogP contribution in [0.4, 0.5) is 0 Å². The van der Waals surface area contributed by atoms with Gasteiger partial charge in [0.05, 0.1) is 19.8 Å². The molecule has 1 aliphatic heterocycles. The first kappa shape index (κ1) is 17.7. The molecule has 1 aliphatic rings. The first-order valence-electron chi connectivity index (χ1n) is 6.15. The predicted octanol–water partition coefficient (Wildman–Crippen LogP) is -4.09. The Bertz CT molecular complexity index is 310. The van der Waals surface area contributed by atoms with E-state index < -0.39 is 62.2 Å². The summed E-state index contributed by atoms with van der Waals surface area (Å²) < 4.78 is 10.2. The lowest BCUT2D eigenvalue weighted by atomic mass is 10.0. The maximum atomic E-state index is 9.82. The summed E-state index contributed by atoms with van der Waals surface area (Å²) in [5.41, 5.74) is -1.84. The molecular formula is C11H22O9. The van der Waals surface area contributed by atoms with Crippen molar-refractivity contribution in [3.05, 3.63) is 0 Å². The molecule has 1 rings (SSSR count). The van der Waals surface area contributed by atoms with Crippen molar-refractivity contribution >= 4 is 0 Å². The van der Waals surface area contributed by atoms with E-state index in [9.17, 15) is 25.5 Å². The van der Waals surface area contributed by atoms with E-state index in [2.05, 4.69) is 0 Å². The summed E-state index contributed by atoms with van der Waals surface area (Å²) in [6.07, 6.45) is -5.77. The van der Waals surface area contributed by atoms with Crippen molar-refractivity contribution in [2.75, 3.05) is 26.4 Å². The summed E-state index contributed by atoms with van der Waals surface area (Å²) in [6.45, 7) is -1.56. The summed E-state index contributed by atoms with van der Waals surface area (Å²) in [7, 11) is 0. The predicted molar refractivity (Wildman–Crippen MR) is 63.5 cm³/mol. The Hall–Kier alpha value is -0.360. The number of aliphatic hydroxyl groups is 7. The fourth-order valence-electron chi connectivity index (χ4n) is 1.81. The van der Waals surface area contributed by atoms with Gasteiger partial charge in [0.1, 0.15) is 36.6 Å². The molecule has 0 aromatic carbocycles. The molecule has 1 heterocycles. The summed E-state index contributed by atoms with van der Waals surface area (Å²) >= 11 is 0. The van der Waals surface area contributed by atoms with E-state index in [4.69, 9.17) is 19.7 Å². The van der Waals surface area contributed by atoms with Gasteiger partial charge in [-0.15, -0.1) is 0 Å². The Labute approximate surface area is 115 Å². The molecule has 120 valence electrons. The second-order valence-corrected chi connectivity index (χ2v) is 5.09. The van der Waals surface area contributed by atoms with Crippen molar-refractivity contribution in [2.45, 2.75) is 42.7 Å². The van der Waals surface area contributed by atoms with E-state index in [0.29, 0.717) is 0 Å². The second kappa shape index (κ2) is 6.60. The van der Waals surface area contributed by atoms with Crippen molar-refractivity contribution in [1.29, 1.82) is 0 Å². The van der Waals surface area contributed by atoms with Gasteiger partial charge in [0, 0.05) is 0 Å². The van der Waals surface area contributed by atoms with Gasteiger partial charge in [-0.1, -0.05) is 0 Å². The minimum absolute atomic E-state index is 0.573. The molecular weight excluding hydrogens is 276 g/mol. The molecule has 1 fully saturated rings. The van der Waals surface area contributed by atoms with Crippen LogP contribution in [0.15, 0.2) is 0 Å². The lowest BCUT2D eigenvalue weighted by Gasteiger charge is -2.33. The third-order valence-corrected chi connectivity index (χ3v) is 3.43. The molecule has 0 unspecified atom stereocenters. The van der Waals surface area contributed by atoms with Crippen molar-refractivity contribution in [3.8, 4) is 0 Å². The normalized spacial score (nSPS) is 38.7. The summed E-state index contributed by atoms with van der Waals surface area (Å²) in [4.78, 5) is 0. The standard InChI is InChI=1S/C11H22O9/c1-10(18,4-13)7(15)3-19-11(5-14)9(17)8(16)6(2-12)20-11/h6-9,12-18H,2-5H2,1H3/t6-,7-,8-,9+,10+,11-/m1/s1. The molecule has 0 radical (unpaired) electrons. The third kappa shape index (κ3) is 3.27. The third-order valence-electron chi connectivity index (χ3n) is 3.43. The highest BCUT2D eigenvalue weighted by atomic mass is 16.7. The van der Waals surface area contributed by atoms with E-state index in [0.717, 1.165) is 0 Å². The lowest BCUT2D eigenvalue weighted by molar-refractivity contribution is -0.289. The number of aliphatic hydroxyl groups excluding tert-OH is 6. The van der Waals surface area contributed by atoms with Crippen LogP contribution < -0.4 is 0 Å². The monoisotopic (exact) mass is 298 g/mol. The molecule has 6 atom stereocenters. The Morgan fingerprint density at radius 3 is 2.30 bits per heavy atom. The van der Waals surface area contributed by atoms with Crippen LogP contribution in [-0.2, 0) is 9.47 Å². The Morgan fingerprint density at radius 2 is 1.90 bits per heavy atom. The highest BCUT2D eigenvalue weighted by Crippen LogP contribution is 2.32. The van der Waals surface area contributed by atoms with Crippen LogP contribution in [-0.4, -0.2) is 98.0 Å².